The molecule has 0 bridgehead atoms. The van der Waals surface area contributed by atoms with Crippen LogP contribution in [0.3, 0.4) is 0 Å². The molecule has 1 aromatic heterocycles. The number of amides is 1. The molecule has 1 aliphatic rings. The van der Waals surface area contributed by atoms with Crippen molar-refractivity contribution in [3.8, 4) is 11.9 Å². The van der Waals surface area contributed by atoms with E-state index < -0.39 is 5.91 Å². The fourth-order valence-electron chi connectivity index (χ4n) is 2.21. The van der Waals surface area contributed by atoms with E-state index in [1.54, 1.807) is 40.0 Å². The number of carbonyl (C=O) groups excluding carboxylic acids is 1. The van der Waals surface area contributed by atoms with Crippen LogP contribution >= 0.6 is 0 Å². The van der Waals surface area contributed by atoms with Gasteiger partial charge in [0.1, 0.15) is 0 Å². The average Bonchev–Trinajstić information content (AvgIpc) is 2.98. The number of aromatic nitrogens is 2. The number of primary amides is 1. The second kappa shape index (κ2) is 4.14. The van der Waals surface area contributed by atoms with Gasteiger partial charge in [0.15, 0.2) is 6.19 Å². The summed E-state index contributed by atoms with van der Waals surface area (Å²) in [6.45, 7) is 1.16. The first kappa shape index (κ1) is 11.3. The van der Waals surface area contributed by atoms with Crippen LogP contribution in [0.25, 0.3) is 5.69 Å². The first-order chi connectivity index (χ1) is 9.19. The number of rotatable bonds is 2. The average molecular weight is 253 g/mol. The van der Waals surface area contributed by atoms with Crippen molar-refractivity contribution in [1.29, 1.82) is 5.26 Å². The second-order valence-corrected chi connectivity index (χ2v) is 4.40. The molecule has 1 aliphatic heterocycles. The first-order valence-corrected chi connectivity index (χ1v) is 5.80. The van der Waals surface area contributed by atoms with E-state index in [9.17, 15) is 4.79 Å². The Morgan fingerprint density at radius 1 is 1.32 bits per heavy atom. The van der Waals surface area contributed by atoms with Gasteiger partial charge in [-0.25, -0.2) is 4.68 Å². The van der Waals surface area contributed by atoms with E-state index in [4.69, 9.17) is 11.0 Å². The van der Waals surface area contributed by atoms with Gasteiger partial charge in [0.2, 0.25) is 5.91 Å². The first-order valence-electron chi connectivity index (χ1n) is 5.80. The maximum absolute atomic E-state index is 11.0. The second-order valence-electron chi connectivity index (χ2n) is 4.40. The van der Waals surface area contributed by atoms with E-state index in [0.717, 1.165) is 16.9 Å². The van der Waals surface area contributed by atoms with Gasteiger partial charge in [-0.15, -0.1) is 0 Å². The van der Waals surface area contributed by atoms with E-state index in [1.807, 2.05) is 0 Å². The zero-order valence-corrected chi connectivity index (χ0v) is 10.1. The Morgan fingerprint density at radius 2 is 2.05 bits per heavy atom. The van der Waals surface area contributed by atoms with Crippen molar-refractivity contribution in [1.82, 2.24) is 14.7 Å². The summed E-state index contributed by atoms with van der Waals surface area (Å²) >= 11 is 0. The largest absolute Gasteiger partial charge is 0.366 e. The molecule has 0 aliphatic carbocycles. The zero-order valence-electron chi connectivity index (χ0n) is 10.1. The molecule has 19 heavy (non-hydrogen) atoms. The molecule has 94 valence electrons. The molecule has 6 nitrogen and oxygen atoms in total. The molecule has 0 saturated heterocycles. The molecule has 0 fully saturated rings. The number of hydrogen-bond acceptors (Lipinski definition) is 4. The summed E-state index contributed by atoms with van der Waals surface area (Å²) in [6.07, 6.45) is 3.90. The van der Waals surface area contributed by atoms with Gasteiger partial charge < -0.3 is 10.6 Å². The van der Waals surface area contributed by atoms with Gasteiger partial charge in [-0.1, -0.05) is 0 Å². The zero-order chi connectivity index (χ0) is 13.4. The molecule has 0 radical (unpaired) electrons. The Bertz CT molecular complexity index is 680. The van der Waals surface area contributed by atoms with E-state index in [0.29, 0.717) is 18.7 Å². The predicted molar refractivity (Wildman–Crippen MR) is 66.9 cm³/mol. The molecule has 0 spiro atoms. The number of carbonyl (C=O) groups is 1. The van der Waals surface area contributed by atoms with E-state index in [1.165, 1.54) is 0 Å². The Labute approximate surface area is 109 Å². The third kappa shape index (κ3) is 1.81. The monoisotopic (exact) mass is 253 g/mol. The van der Waals surface area contributed by atoms with Crippen LogP contribution in [0.4, 0.5) is 0 Å². The van der Waals surface area contributed by atoms with E-state index in [2.05, 4.69) is 11.3 Å². The van der Waals surface area contributed by atoms with Gasteiger partial charge in [0.25, 0.3) is 0 Å². The number of nitriles is 1. The highest BCUT2D eigenvalue weighted by Gasteiger charge is 2.23. The van der Waals surface area contributed by atoms with E-state index >= 15 is 0 Å². The van der Waals surface area contributed by atoms with Gasteiger partial charge in [-0.05, 0) is 24.3 Å². The van der Waals surface area contributed by atoms with Gasteiger partial charge in [0.05, 0.1) is 30.7 Å². The molecule has 3 rings (SSSR count). The molecule has 1 amide bonds. The fraction of sp³-hybridized carbons (Fsp3) is 0.154. The van der Waals surface area contributed by atoms with Crippen molar-refractivity contribution in [2.45, 2.75) is 13.1 Å². The van der Waals surface area contributed by atoms with Crippen LogP contribution in [0, 0.1) is 11.5 Å². The number of nitrogens with zero attached hydrogens (tertiary/aromatic N) is 4. The maximum Gasteiger partial charge on any atom is 0.248 e. The number of nitrogens with two attached hydrogens (primary N) is 1. The standard InChI is InChI=1S/C13H11N5O/c14-8-17-6-10-5-16-18(12(10)7-17)11-3-1-9(2-4-11)13(15)19/h1-5H,6-7H2,(H2,15,19). The van der Waals surface area contributed by atoms with Gasteiger partial charge in [0, 0.05) is 11.1 Å². The molecule has 1 aromatic carbocycles. The molecule has 2 heterocycles. The third-order valence-electron chi connectivity index (χ3n) is 3.20. The smallest absolute Gasteiger partial charge is 0.248 e. The van der Waals surface area contributed by atoms with Crippen molar-refractivity contribution in [2.24, 2.45) is 5.73 Å². The number of fused-ring (bicyclic) bond motifs is 1. The van der Waals surface area contributed by atoms with Crippen LogP contribution in [0.5, 0.6) is 0 Å². The van der Waals surface area contributed by atoms with E-state index in [-0.39, 0.29) is 0 Å². The normalized spacial score (nSPS) is 13.1. The lowest BCUT2D eigenvalue weighted by molar-refractivity contribution is 0.100. The van der Waals surface area contributed by atoms with Gasteiger partial charge in [-0.2, -0.15) is 10.4 Å². The minimum absolute atomic E-state index is 0.451. The number of benzene rings is 1. The Balaban J connectivity index is 1.97. The summed E-state index contributed by atoms with van der Waals surface area (Å²) < 4.78 is 1.79. The highest BCUT2D eigenvalue weighted by atomic mass is 16.1. The van der Waals surface area contributed by atoms with Crippen LogP contribution in [0.2, 0.25) is 0 Å². The molecule has 0 saturated carbocycles. The molecule has 0 atom stereocenters. The summed E-state index contributed by atoms with van der Waals surface area (Å²) in [7, 11) is 0. The lowest BCUT2D eigenvalue weighted by atomic mass is 10.2. The molecule has 2 N–H and O–H groups in total. The van der Waals surface area contributed by atoms with Crippen LogP contribution in [0.15, 0.2) is 30.5 Å². The highest BCUT2D eigenvalue weighted by Crippen LogP contribution is 2.24. The summed E-state index contributed by atoms with van der Waals surface area (Å²) in [5, 5.41) is 13.2. The van der Waals surface area contributed by atoms with Gasteiger partial charge in [-0.3, -0.25) is 4.79 Å². The fourth-order valence-corrected chi connectivity index (χ4v) is 2.21. The summed E-state index contributed by atoms with van der Waals surface area (Å²) in [5.41, 5.74) is 8.59. The summed E-state index contributed by atoms with van der Waals surface area (Å²) in [4.78, 5) is 12.7. The SMILES string of the molecule is N#CN1Cc2cnn(-c3ccc(C(N)=O)cc3)c2C1. The van der Waals surface area contributed by atoms with Crippen LogP contribution in [-0.2, 0) is 13.1 Å². The van der Waals surface area contributed by atoms with Crippen molar-refractivity contribution in [3.63, 3.8) is 0 Å². The Morgan fingerprint density at radius 3 is 2.68 bits per heavy atom. The number of hydrogen-bond donors (Lipinski definition) is 1. The van der Waals surface area contributed by atoms with Crippen molar-refractivity contribution < 1.29 is 4.79 Å². The summed E-state index contributed by atoms with van der Waals surface area (Å²) in [6, 6.07) is 6.93. The molecular weight excluding hydrogens is 242 g/mol. The third-order valence-corrected chi connectivity index (χ3v) is 3.20. The minimum Gasteiger partial charge on any atom is -0.366 e. The van der Waals surface area contributed by atoms with Crippen LogP contribution in [0.1, 0.15) is 21.6 Å². The van der Waals surface area contributed by atoms with Crippen LogP contribution in [-0.4, -0.2) is 20.6 Å². The van der Waals surface area contributed by atoms with Crippen molar-refractivity contribution in [3.05, 3.63) is 47.3 Å². The lowest BCUT2D eigenvalue weighted by Crippen LogP contribution is -2.12. The lowest BCUT2D eigenvalue weighted by Gasteiger charge is -2.08. The molecule has 6 heteroatoms. The molecule has 2 aromatic rings. The van der Waals surface area contributed by atoms with Crippen molar-refractivity contribution >= 4 is 5.91 Å². The maximum atomic E-state index is 11.0. The molecule has 0 unspecified atom stereocenters. The van der Waals surface area contributed by atoms with Gasteiger partial charge >= 0.3 is 0 Å². The minimum atomic E-state index is -0.451. The highest BCUT2D eigenvalue weighted by molar-refractivity contribution is 5.92. The summed E-state index contributed by atoms with van der Waals surface area (Å²) in [5.74, 6) is -0.451. The molecular formula is C13H11N5O. The predicted octanol–water partition coefficient (Wildman–Crippen LogP) is 0.768. The topological polar surface area (TPSA) is 87.9 Å². The van der Waals surface area contributed by atoms with Crippen LogP contribution < -0.4 is 5.73 Å². The van der Waals surface area contributed by atoms with Crippen molar-refractivity contribution in [2.75, 3.05) is 0 Å². The Kier molecular flexibility index (Phi) is 2.46. The Hall–Kier alpha value is -2.81. The quantitative estimate of drug-likeness (QED) is 0.800.